The molecule has 3 rings (SSSR count). The lowest BCUT2D eigenvalue weighted by Crippen LogP contribution is -2.22. The quantitative estimate of drug-likeness (QED) is 0.545. The Morgan fingerprint density at radius 1 is 1.42 bits per heavy atom. The Morgan fingerprint density at radius 3 is 2.33 bits per heavy atom. The van der Waals surface area contributed by atoms with Crippen molar-refractivity contribution in [2.45, 2.75) is 43.5 Å². The first kappa shape index (κ1) is 8.07. The van der Waals surface area contributed by atoms with E-state index in [1.54, 1.807) is 6.42 Å². The molecule has 12 heavy (non-hydrogen) atoms. The molecule has 0 N–H and O–H groups in total. The second-order valence-corrected chi connectivity index (χ2v) is 8.71. The monoisotopic (exact) mass is 276 g/mol. The maximum atomic E-state index is 2.58. The zero-order chi connectivity index (χ0) is 8.78. The summed E-state index contributed by atoms with van der Waals surface area (Å²) in [4.78, 5) is 0. The molecule has 2 atom stereocenters. The smallest absolute Gasteiger partial charge is 0.0166 e. The maximum Gasteiger partial charge on any atom is 0.0166 e. The van der Waals surface area contributed by atoms with Gasteiger partial charge >= 0.3 is 0 Å². The molecule has 1 heteroatoms. The molecule has 3 fully saturated rings. The van der Waals surface area contributed by atoms with Crippen LogP contribution in [0.25, 0.3) is 0 Å². The van der Waals surface area contributed by atoms with E-state index < -0.39 is 0 Å². The third-order valence-electron chi connectivity index (χ3n) is 4.98. The fraction of sp³-hybridized carbons (Fsp3) is 1.00. The summed E-state index contributed by atoms with van der Waals surface area (Å²) in [5.41, 5.74) is 1.91. The van der Waals surface area contributed by atoms with Crippen LogP contribution in [0.2, 0.25) is 0 Å². The van der Waals surface area contributed by atoms with E-state index in [-0.39, 0.29) is 0 Å². The molecule has 0 heterocycles. The van der Waals surface area contributed by atoms with Crippen LogP contribution in [0.4, 0.5) is 0 Å². The Hall–Kier alpha value is 0.730. The normalized spacial score (nSPS) is 59.0. The van der Waals surface area contributed by atoms with Gasteiger partial charge in [-0.15, -0.1) is 0 Å². The van der Waals surface area contributed by atoms with E-state index in [1.807, 2.05) is 0 Å². The summed E-state index contributed by atoms with van der Waals surface area (Å²) in [7, 11) is 0. The largest absolute Gasteiger partial charge is 0.0795 e. The predicted octanol–water partition coefficient (Wildman–Crippen LogP) is 3.64. The van der Waals surface area contributed by atoms with Crippen LogP contribution in [0.5, 0.6) is 0 Å². The van der Waals surface area contributed by atoms with Gasteiger partial charge in [0, 0.05) is 3.42 Å². The molecule has 0 aromatic carbocycles. The van der Waals surface area contributed by atoms with Crippen molar-refractivity contribution in [2.75, 3.05) is 0 Å². The van der Waals surface area contributed by atoms with Gasteiger partial charge in [0.05, 0.1) is 0 Å². The number of alkyl halides is 1. The Kier molecular flexibility index (Phi) is 1.18. The van der Waals surface area contributed by atoms with Gasteiger partial charge in [0.15, 0.2) is 0 Å². The van der Waals surface area contributed by atoms with E-state index in [4.69, 9.17) is 0 Å². The number of rotatable bonds is 3. The molecule has 0 aliphatic heterocycles. The fourth-order valence-corrected chi connectivity index (χ4v) is 4.17. The molecule has 2 unspecified atom stereocenters. The van der Waals surface area contributed by atoms with Crippen LogP contribution in [0.3, 0.4) is 0 Å². The lowest BCUT2D eigenvalue weighted by Gasteiger charge is -2.29. The zero-order valence-electron chi connectivity index (χ0n) is 8.15. The van der Waals surface area contributed by atoms with Crippen molar-refractivity contribution in [3.8, 4) is 0 Å². The van der Waals surface area contributed by atoms with Crippen molar-refractivity contribution in [1.82, 2.24) is 0 Å². The highest BCUT2D eigenvalue weighted by Gasteiger charge is 3.08. The van der Waals surface area contributed by atoms with Crippen molar-refractivity contribution in [3.63, 3.8) is 0 Å². The van der Waals surface area contributed by atoms with E-state index in [0.717, 1.165) is 16.7 Å². The minimum Gasteiger partial charge on any atom is -0.0795 e. The van der Waals surface area contributed by atoms with Crippen LogP contribution < -0.4 is 0 Å². The summed E-state index contributed by atoms with van der Waals surface area (Å²) in [5.74, 6) is 2.31. The van der Waals surface area contributed by atoms with Crippen LogP contribution in [0.15, 0.2) is 0 Å². The van der Waals surface area contributed by atoms with Crippen molar-refractivity contribution in [2.24, 2.45) is 22.7 Å². The highest BCUT2D eigenvalue weighted by atomic mass is 127. The molecular weight excluding hydrogens is 259 g/mol. The second kappa shape index (κ2) is 1.76. The maximum absolute atomic E-state index is 2.58. The zero-order valence-corrected chi connectivity index (χ0v) is 10.3. The highest BCUT2D eigenvalue weighted by molar-refractivity contribution is 14.1. The van der Waals surface area contributed by atoms with Gasteiger partial charge in [0.25, 0.3) is 0 Å². The lowest BCUT2D eigenvalue weighted by molar-refractivity contribution is 0.213. The first-order chi connectivity index (χ1) is 5.45. The molecule has 0 aromatic rings. The average Bonchev–Trinajstić information content (AvgIpc) is 2.73. The minimum atomic E-state index is 0.537. The number of hydrogen-bond donors (Lipinski definition) is 0. The molecule has 3 aliphatic carbocycles. The summed E-state index contributed by atoms with van der Waals surface area (Å²) >= 11 is 2.58. The average molecular weight is 276 g/mol. The Bertz CT molecular complexity index is 236. The van der Waals surface area contributed by atoms with Crippen molar-refractivity contribution in [1.29, 1.82) is 0 Å². The van der Waals surface area contributed by atoms with Gasteiger partial charge in [-0.05, 0) is 41.9 Å². The van der Waals surface area contributed by atoms with Gasteiger partial charge in [-0.25, -0.2) is 0 Å². The Balaban J connectivity index is 1.51. The molecule has 0 radical (unpaired) electrons. The first-order valence-electron chi connectivity index (χ1n) is 5.14. The highest BCUT2D eigenvalue weighted by Crippen LogP contribution is 3.12. The summed E-state index contributed by atoms with van der Waals surface area (Å²) in [6, 6.07) is 0. The van der Waals surface area contributed by atoms with E-state index in [9.17, 15) is 0 Å². The topological polar surface area (TPSA) is 0 Å². The number of hydrogen-bond acceptors (Lipinski definition) is 0. The van der Waals surface area contributed by atoms with E-state index in [2.05, 4.69) is 43.4 Å². The fourth-order valence-electron chi connectivity index (χ4n) is 3.86. The molecule has 0 spiro atoms. The molecule has 0 aromatic heterocycles. The summed E-state index contributed by atoms with van der Waals surface area (Å²) in [6.07, 6.45) is 4.54. The van der Waals surface area contributed by atoms with Gasteiger partial charge in [-0.2, -0.15) is 0 Å². The SMILES string of the molecule is CC1C23CC12C3CCC(C)(C)I. The van der Waals surface area contributed by atoms with Gasteiger partial charge < -0.3 is 0 Å². The van der Waals surface area contributed by atoms with Crippen LogP contribution in [-0.4, -0.2) is 3.42 Å². The van der Waals surface area contributed by atoms with Gasteiger partial charge in [-0.1, -0.05) is 43.4 Å². The van der Waals surface area contributed by atoms with Crippen LogP contribution in [-0.2, 0) is 0 Å². The molecule has 68 valence electrons. The second-order valence-electron chi connectivity index (χ2n) is 5.79. The van der Waals surface area contributed by atoms with Gasteiger partial charge in [0.2, 0.25) is 0 Å². The standard InChI is InChI=1S/C11H17I/c1-7-10-6-11(7,10)8(10)4-5-9(2,3)12/h7-8H,4-6H2,1-3H3. The third kappa shape index (κ3) is 0.644. The summed E-state index contributed by atoms with van der Waals surface area (Å²) < 4.78 is 0.537. The van der Waals surface area contributed by atoms with Crippen molar-refractivity contribution < 1.29 is 0 Å². The number of halogens is 1. The van der Waals surface area contributed by atoms with Crippen molar-refractivity contribution >= 4 is 22.6 Å². The predicted molar refractivity (Wildman–Crippen MR) is 59.5 cm³/mol. The van der Waals surface area contributed by atoms with Gasteiger partial charge in [0.1, 0.15) is 0 Å². The summed E-state index contributed by atoms with van der Waals surface area (Å²) in [5, 5.41) is 0. The minimum absolute atomic E-state index is 0.537. The van der Waals surface area contributed by atoms with E-state index >= 15 is 0 Å². The van der Waals surface area contributed by atoms with E-state index in [0.29, 0.717) is 3.42 Å². The summed E-state index contributed by atoms with van der Waals surface area (Å²) in [6.45, 7) is 7.16. The van der Waals surface area contributed by atoms with Crippen LogP contribution >= 0.6 is 22.6 Å². The first-order valence-corrected chi connectivity index (χ1v) is 6.22. The molecule has 0 saturated heterocycles. The lowest BCUT2D eigenvalue weighted by atomic mass is 9.77. The molecule has 3 aliphatic rings. The van der Waals surface area contributed by atoms with Crippen LogP contribution in [0, 0.1) is 22.7 Å². The van der Waals surface area contributed by atoms with E-state index in [1.165, 1.54) is 18.8 Å². The molecular formula is C11H17I. The van der Waals surface area contributed by atoms with Gasteiger partial charge in [-0.3, -0.25) is 0 Å². The van der Waals surface area contributed by atoms with Crippen molar-refractivity contribution in [3.05, 3.63) is 0 Å². The molecule has 0 nitrogen and oxygen atoms in total. The third-order valence-corrected chi connectivity index (χ3v) is 5.52. The molecule has 0 amide bonds. The van der Waals surface area contributed by atoms with Crippen LogP contribution in [0.1, 0.15) is 40.0 Å². The Labute approximate surface area is 88.6 Å². The Morgan fingerprint density at radius 2 is 2.00 bits per heavy atom. The molecule has 0 bridgehead atoms. The molecule has 3 saturated carbocycles.